The van der Waals surface area contributed by atoms with Gasteiger partial charge in [0, 0.05) is 50.7 Å². The van der Waals surface area contributed by atoms with Gasteiger partial charge in [-0.2, -0.15) is 0 Å². The Morgan fingerprint density at radius 3 is 1.91 bits per heavy atom. The van der Waals surface area contributed by atoms with Crippen LogP contribution in [0.3, 0.4) is 0 Å². The molecule has 24 nitrogen and oxygen atoms in total. The van der Waals surface area contributed by atoms with E-state index in [4.69, 9.17) is 52.1 Å². The normalized spacial score (nSPS) is 40.2. The van der Waals surface area contributed by atoms with Gasteiger partial charge < -0.3 is 103 Å². The molecule has 82 heavy (non-hydrogen) atoms. The van der Waals surface area contributed by atoms with Gasteiger partial charge in [0.1, 0.15) is 60.0 Å². The van der Waals surface area contributed by atoms with E-state index in [1.165, 1.54) is 39.2 Å². The number of aliphatic hydroxyl groups is 8. The Kier molecular flexibility index (Phi) is 20.4. The standard InChI is InChI=1S/C58H84O24/c1-11-12-73-57(70)81-39-21-41(75-29(8)50(39)65)80-38-20-40(74-28(7)49(38)64)79-35-17-31-15-30-16-34(54(72-10)53(68)47(62)26(5)59)55(52(67)44(30)51(66)43(31)46(61)25(35)4)82-42-19-37(48(63)27(6)76-42)77-32-13-23(2)45(60)36(18-32)78-33-14-24(3)56(69)58(9,71)22-33/h11-12,15,17,23-24,26-29,32-34,36-42,45,47-50,54-56,59-66,69,71H,13-14,16,18-22H2,1-10H3/b12-11+/t23?,24?,26-,27?,28?,29?,32-,33-,34+,36-,37-,38-,39-,40+,41+,42+,45+,47+,48-,49-,50-,54+,55+,56-,58+/m1/s1. The molecule has 5 unspecified atom stereocenters. The molecular weight excluding hydrogens is 1080 g/mol. The number of carbonyl (C=O) groups is 3. The molecule has 3 aliphatic heterocycles. The molecule has 0 spiro atoms. The van der Waals surface area contributed by atoms with E-state index in [1.807, 2.05) is 13.8 Å². The molecule has 3 aliphatic carbocycles. The number of rotatable bonds is 17. The highest BCUT2D eigenvalue weighted by molar-refractivity contribution is 6.11. The second kappa shape index (κ2) is 26.2. The lowest BCUT2D eigenvalue weighted by Gasteiger charge is -2.46. The van der Waals surface area contributed by atoms with Crippen molar-refractivity contribution in [1.82, 2.24) is 0 Å². The second-order valence-corrected chi connectivity index (χ2v) is 23.8. The molecule has 0 radical (unpaired) electrons. The molecule has 0 aromatic heterocycles. The first-order valence-corrected chi connectivity index (χ1v) is 28.5. The quantitative estimate of drug-likeness (QED) is 0.0804. The van der Waals surface area contributed by atoms with Crippen LogP contribution in [0.25, 0.3) is 10.8 Å². The topological polar surface area (TPSA) is 355 Å². The molecule has 2 aromatic rings. The fourth-order valence-electron chi connectivity index (χ4n) is 12.8. The van der Waals surface area contributed by atoms with E-state index in [-0.39, 0.29) is 83.6 Å². The van der Waals surface area contributed by atoms with Gasteiger partial charge in [0.25, 0.3) is 0 Å². The van der Waals surface area contributed by atoms with Crippen molar-refractivity contribution in [3.8, 4) is 17.2 Å². The maximum atomic E-state index is 15.1. The summed E-state index contributed by atoms with van der Waals surface area (Å²) in [6, 6.07) is 3.04. The van der Waals surface area contributed by atoms with E-state index in [0.717, 1.165) is 6.26 Å². The molecule has 2 saturated carbocycles. The molecule has 24 heteroatoms. The van der Waals surface area contributed by atoms with Gasteiger partial charge >= 0.3 is 6.16 Å². The number of fused-ring (bicyclic) bond motifs is 2. The van der Waals surface area contributed by atoms with Crippen molar-refractivity contribution in [2.24, 2.45) is 17.8 Å². The van der Waals surface area contributed by atoms with Gasteiger partial charge in [-0.1, -0.05) is 19.9 Å². The van der Waals surface area contributed by atoms with Crippen LogP contribution in [0.4, 0.5) is 4.79 Å². The Morgan fingerprint density at radius 2 is 1.29 bits per heavy atom. The van der Waals surface area contributed by atoms with Crippen LogP contribution in [0, 0.1) is 24.7 Å². The zero-order valence-electron chi connectivity index (χ0n) is 48.0. The van der Waals surface area contributed by atoms with Gasteiger partial charge in [0.05, 0.1) is 90.0 Å². The minimum absolute atomic E-state index is 0.0821. The van der Waals surface area contributed by atoms with Crippen LogP contribution in [0.1, 0.15) is 122 Å². The van der Waals surface area contributed by atoms with Crippen molar-refractivity contribution in [1.29, 1.82) is 0 Å². The number of aromatic hydroxyl groups is 2. The van der Waals surface area contributed by atoms with Gasteiger partial charge in [-0.25, -0.2) is 4.79 Å². The molecule has 0 bridgehead atoms. The highest BCUT2D eigenvalue weighted by Gasteiger charge is 2.51. The summed E-state index contributed by atoms with van der Waals surface area (Å²) in [7, 11) is 1.20. The number of phenolic OH excluding ortho intramolecular Hbond substituents is 2. The van der Waals surface area contributed by atoms with Gasteiger partial charge in [-0.3, -0.25) is 9.59 Å². The number of benzene rings is 2. The van der Waals surface area contributed by atoms with E-state index >= 15 is 4.79 Å². The van der Waals surface area contributed by atoms with Crippen molar-refractivity contribution >= 4 is 28.5 Å². The number of ether oxygens (including phenoxy) is 11. The maximum Gasteiger partial charge on any atom is 0.513 e. The van der Waals surface area contributed by atoms with E-state index < -0.39 is 169 Å². The van der Waals surface area contributed by atoms with Crippen LogP contribution in [0.2, 0.25) is 0 Å². The molecule has 25 atom stereocenters. The summed E-state index contributed by atoms with van der Waals surface area (Å²) >= 11 is 0. The fraction of sp³-hybridized carbons (Fsp3) is 0.741. The van der Waals surface area contributed by atoms with Crippen LogP contribution < -0.4 is 4.74 Å². The van der Waals surface area contributed by atoms with Crippen LogP contribution in [-0.4, -0.2) is 210 Å². The third kappa shape index (κ3) is 13.6. The Labute approximate surface area is 476 Å². The van der Waals surface area contributed by atoms with Crippen molar-refractivity contribution in [2.45, 2.75) is 248 Å². The average molecular weight is 1170 g/mol. The largest absolute Gasteiger partial charge is 0.513 e. The summed E-state index contributed by atoms with van der Waals surface area (Å²) in [4.78, 5) is 41.3. The first kappa shape index (κ1) is 63.8. The molecule has 6 aliphatic rings. The number of aliphatic hydroxyl groups excluding tert-OH is 7. The number of methoxy groups -OCH3 is 1. The number of ketones is 2. The third-order valence-corrected chi connectivity index (χ3v) is 17.4. The molecular formula is C58H84O24. The molecule has 460 valence electrons. The van der Waals surface area contributed by atoms with Crippen LogP contribution in [0.5, 0.6) is 17.2 Å². The van der Waals surface area contributed by atoms with E-state index in [2.05, 4.69) is 0 Å². The first-order valence-electron chi connectivity index (χ1n) is 28.5. The van der Waals surface area contributed by atoms with Gasteiger partial charge in [0.2, 0.25) is 6.29 Å². The van der Waals surface area contributed by atoms with Crippen molar-refractivity contribution in [2.75, 3.05) is 7.11 Å². The number of Topliss-reactive ketones (excluding diaryl/α,β-unsaturated/α-hetero) is 2. The zero-order valence-corrected chi connectivity index (χ0v) is 48.0. The Balaban J connectivity index is 1.03. The third-order valence-electron chi connectivity index (χ3n) is 17.4. The summed E-state index contributed by atoms with van der Waals surface area (Å²) in [5.74, 6) is -4.59. The molecule has 0 amide bonds. The van der Waals surface area contributed by atoms with E-state index in [9.17, 15) is 60.7 Å². The molecule has 3 heterocycles. The predicted octanol–water partition coefficient (Wildman–Crippen LogP) is 2.77. The number of phenols is 2. The van der Waals surface area contributed by atoms with Crippen molar-refractivity contribution in [3.05, 3.63) is 41.2 Å². The highest BCUT2D eigenvalue weighted by atomic mass is 16.7. The predicted molar refractivity (Wildman–Crippen MR) is 285 cm³/mol. The minimum atomic E-state index is -1.94. The number of allylic oxidation sites excluding steroid dienone is 1. The van der Waals surface area contributed by atoms with Crippen molar-refractivity contribution < 1.29 is 118 Å². The molecule has 8 rings (SSSR count). The van der Waals surface area contributed by atoms with Gasteiger partial charge in [0.15, 0.2) is 24.1 Å². The van der Waals surface area contributed by atoms with Gasteiger partial charge in [-0.15, -0.1) is 0 Å². The SMILES string of the molecule is C/C=C/OC(=O)O[C@@H]1C[C@H](O[C@@H]2C[C@H](Oc3cc4cc5c(c(O)c4c(O)c3C)C(=O)[C@@H](O[C@H]3C[C@@H](O[C@@H]4CC(C)[C@H](O)[C@H](O[C@@H]6CC(C)[C@@H](O)[C@@](C)(O)C6)C4)[C@H](O)C(C)O3)[C@H]([C@H](OC)C(=O)[C@@H](O)[C@@H](C)O)C5)OC(C)[C@H]2O)OC(C)[C@H]1O. The lowest BCUT2D eigenvalue weighted by Crippen LogP contribution is -2.56. The lowest BCUT2D eigenvalue weighted by atomic mass is 9.75. The Morgan fingerprint density at radius 1 is 0.732 bits per heavy atom. The number of carbonyl (C=O) groups excluding carboxylic acids is 3. The zero-order chi connectivity index (χ0) is 60.0. The lowest BCUT2D eigenvalue weighted by molar-refractivity contribution is -0.298. The Bertz CT molecular complexity index is 2590. The summed E-state index contributed by atoms with van der Waals surface area (Å²) < 4.78 is 66.1. The molecule has 10 N–H and O–H groups in total. The van der Waals surface area contributed by atoms with Crippen LogP contribution in [-0.2, 0) is 58.6 Å². The van der Waals surface area contributed by atoms with E-state index in [0.29, 0.717) is 12.8 Å². The Hall–Kier alpha value is -4.19. The number of hydrogen-bond donors (Lipinski definition) is 10. The van der Waals surface area contributed by atoms with Gasteiger partial charge in [-0.05, 0) is 103 Å². The molecule has 2 aromatic carbocycles. The van der Waals surface area contributed by atoms with Crippen LogP contribution >= 0.6 is 0 Å². The molecule has 3 saturated heterocycles. The van der Waals surface area contributed by atoms with Crippen molar-refractivity contribution in [3.63, 3.8) is 0 Å². The van der Waals surface area contributed by atoms with E-state index in [1.54, 1.807) is 34.6 Å². The monoisotopic (exact) mass is 1160 g/mol. The minimum Gasteiger partial charge on any atom is -0.507 e. The summed E-state index contributed by atoms with van der Waals surface area (Å²) in [6.45, 7) is 14.4. The highest BCUT2D eigenvalue weighted by Crippen LogP contribution is 2.48. The average Bonchev–Trinajstić information content (AvgIpc) is 1.57. The number of hydrogen-bond acceptors (Lipinski definition) is 24. The van der Waals surface area contributed by atoms with Crippen LogP contribution in [0.15, 0.2) is 24.5 Å². The summed E-state index contributed by atoms with van der Waals surface area (Å²) in [5, 5.41) is 112. The molecule has 5 fully saturated rings. The fourth-order valence-corrected chi connectivity index (χ4v) is 12.8. The smallest absolute Gasteiger partial charge is 0.507 e. The summed E-state index contributed by atoms with van der Waals surface area (Å²) in [5.41, 5.74) is -1.31. The maximum absolute atomic E-state index is 15.1. The second-order valence-electron chi connectivity index (χ2n) is 23.8. The summed E-state index contributed by atoms with van der Waals surface area (Å²) in [6.07, 6.45) is -20.6. The first-order chi connectivity index (χ1) is 38.6.